The number of carbonyl (C=O) groups is 3. The minimum absolute atomic E-state index is 0.00552. The average Bonchev–Trinajstić information content (AvgIpc) is 3.90. The second-order valence-electron chi connectivity index (χ2n) is 11.7. The highest BCUT2D eigenvalue weighted by atomic mass is 32.1. The van der Waals surface area contributed by atoms with Crippen molar-refractivity contribution < 1.29 is 29.7 Å². The van der Waals surface area contributed by atoms with Gasteiger partial charge in [0.25, 0.3) is 0 Å². The van der Waals surface area contributed by atoms with Crippen molar-refractivity contribution in [3.63, 3.8) is 0 Å². The number of benzene rings is 2. The van der Waals surface area contributed by atoms with E-state index in [1.165, 1.54) is 10.4 Å². The molecule has 5 aromatic heterocycles. The lowest BCUT2D eigenvalue weighted by Crippen LogP contribution is -1.99. The van der Waals surface area contributed by atoms with Gasteiger partial charge in [0.1, 0.15) is 0 Å². The maximum atomic E-state index is 11.9. The van der Waals surface area contributed by atoms with Crippen molar-refractivity contribution in [2.45, 2.75) is 26.2 Å². The molecule has 0 radical (unpaired) electrons. The smallest absolute Gasteiger partial charge is 0.307 e. The molecule has 0 spiro atoms. The molecule has 0 bridgehead atoms. The number of carboxylic acids is 3. The fourth-order valence-electron chi connectivity index (χ4n) is 5.75. The van der Waals surface area contributed by atoms with Crippen molar-refractivity contribution in [2.75, 3.05) is 0 Å². The molecule has 11 heteroatoms. The van der Waals surface area contributed by atoms with Gasteiger partial charge in [-0.2, -0.15) is 0 Å². The third-order valence-electron chi connectivity index (χ3n) is 7.95. The van der Waals surface area contributed by atoms with Crippen LogP contribution in [0.3, 0.4) is 0 Å². The van der Waals surface area contributed by atoms with E-state index in [-0.39, 0.29) is 19.3 Å². The van der Waals surface area contributed by atoms with Crippen LogP contribution in [0.2, 0.25) is 0 Å². The standard InChI is InChI=1S/C39H28O6S5/c1-21-14-33(29-10-8-27(46-29)24-6-2-4-22(15-24)17-35(40)41)49-38(21)31-12-13-32(48-31)39-26(20-37(44)45)19-34(50-39)30-11-9-28(47-30)25-7-3-5-23(16-25)18-36(42)43/h2-16,19H,17-18,20H2,1H3,(H,40,41)(H,42,43)(H,44,45). The molecule has 7 aromatic rings. The number of aliphatic carboxylic acids is 3. The summed E-state index contributed by atoms with van der Waals surface area (Å²) in [5, 5.41) is 28.2. The van der Waals surface area contributed by atoms with Crippen molar-refractivity contribution in [1.29, 1.82) is 0 Å². The summed E-state index contributed by atoms with van der Waals surface area (Å²) in [5.41, 5.74) is 5.44. The molecule has 3 N–H and O–H groups in total. The molecule has 0 unspecified atom stereocenters. The predicted molar refractivity (Wildman–Crippen MR) is 207 cm³/mol. The van der Waals surface area contributed by atoms with Gasteiger partial charge in [-0.25, -0.2) is 0 Å². The van der Waals surface area contributed by atoms with Gasteiger partial charge in [0.15, 0.2) is 0 Å². The first-order chi connectivity index (χ1) is 24.1. The molecule has 50 heavy (non-hydrogen) atoms. The first kappa shape index (κ1) is 33.8. The van der Waals surface area contributed by atoms with Gasteiger partial charge in [0.2, 0.25) is 0 Å². The summed E-state index contributed by atoms with van der Waals surface area (Å²) < 4.78 is 0. The quantitative estimate of drug-likeness (QED) is 0.115. The van der Waals surface area contributed by atoms with E-state index in [9.17, 15) is 29.7 Å². The second kappa shape index (κ2) is 14.3. The van der Waals surface area contributed by atoms with Crippen LogP contribution in [-0.4, -0.2) is 33.2 Å². The summed E-state index contributed by atoms with van der Waals surface area (Å²) in [7, 11) is 0. The number of thiophene rings is 5. The highest BCUT2D eigenvalue weighted by molar-refractivity contribution is 7.30. The Kier molecular flexibility index (Phi) is 9.67. The van der Waals surface area contributed by atoms with Crippen LogP contribution in [-0.2, 0) is 33.6 Å². The van der Waals surface area contributed by atoms with Gasteiger partial charge in [0.05, 0.1) is 19.3 Å². The Morgan fingerprint density at radius 1 is 0.460 bits per heavy atom. The van der Waals surface area contributed by atoms with E-state index in [4.69, 9.17) is 0 Å². The van der Waals surface area contributed by atoms with Crippen LogP contribution in [0.15, 0.2) is 97.1 Å². The minimum Gasteiger partial charge on any atom is -0.481 e. The normalized spacial score (nSPS) is 11.2. The third-order valence-corrected chi connectivity index (χ3v) is 14.5. The fourth-order valence-corrected chi connectivity index (χ4v) is 11.6. The monoisotopic (exact) mass is 752 g/mol. The van der Waals surface area contributed by atoms with E-state index in [1.807, 2.05) is 66.7 Å². The Morgan fingerprint density at radius 3 is 1.44 bits per heavy atom. The highest BCUT2D eigenvalue weighted by Crippen LogP contribution is 2.48. The Labute approximate surface area is 307 Å². The van der Waals surface area contributed by atoms with Gasteiger partial charge in [0, 0.05) is 48.8 Å². The number of rotatable bonds is 12. The van der Waals surface area contributed by atoms with Gasteiger partial charge in [-0.1, -0.05) is 36.4 Å². The van der Waals surface area contributed by atoms with Gasteiger partial charge >= 0.3 is 17.9 Å². The molecular weight excluding hydrogens is 725 g/mol. The maximum Gasteiger partial charge on any atom is 0.307 e. The van der Waals surface area contributed by atoms with Crippen LogP contribution in [0.4, 0.5) is 0 Å². The number of carboxylic acid groups (broad SMARTS) is 3. The lowest BCUT2D eigenvalue weighted by Gasteiger charge is -2.01. The maximum absolute atomic E-state index is 11.9. The third kappa shape index (κ3) is 7.42. The molecule has 0 atom stereocenters. The molecule has 5 heterocycles. The van der Waals surface area contributed by atoms with E-state index >= 15 is 0 Å². The molecule has 0 aliphatic rings. The van der Waals surface area contributed by atoms with Gasteiger partial charge in [-0.15, -0.1) is 56.7 Å². The Morgan fingerprint density at radius 2 is 0.900 bits per heavy atom. The van der Waals surface area contributed by atoms with Gasteiger partial charge in [-0.05, 0) is 101 Å². The van der Waals surface area contributed by atoms with E-state index in [0.717, 1.165) is 71.7 Å². The summed E-state index contributed by atoms with van der Waals surface area (Å²) >= 11 is 8.30. The first-order valence-corrected chi connectivity index (χ1v) is 19.6. The zero-order valence-corrected chi connectivity index (χ0v) is 30.5. The van der Waals surface area contributed by atoms with Gasteiger partial charge in [-0.3, -0.25) is 14.4 Å². The van der Waals surface area contributed by atoms with Crippen molar-refractivity contribution >= 4 is 74.6 Å². The minimum atomic E-state index is -0.878. The molecule has 0 aliphatic heterocycles. The van der Waals surface area contributed by atoms with E-state index < -0.39 is 17.9 Å². The SMILES string of the molecule is Cc1cc(-c2ccc(-c3cccc(CC(=O)O)c3)s2)sc1-c1ccc(-c2sc(-c3ccc(-c4cccc(CC(=O)O)c4)s3)cc2CC(=O)O)s1. The van der Waals surface area contributed by atoms with E-state index in [1.54, 1.807) is 56.7 Å². The molecule has 250 valence electrons. The van der Waals surface area contributed by atoms with Crippen LogP contribution < -0.4 is 0 Å². The van der Waals surface area contributed by atoms with E-state index in [0.29, 0.717) is 0 Å². The molecule has 6 nitrogen and oxygen atoms in total. The van der Waals surface area contributed by atoms with Crippen LogP contribution in [0.5, 0.6) is 0 Å². The van der Waals surface area contributed by atoms with Gasteiger partial charge < -0.3 is 15.3 Å². The average molecular weight is 753 g/mol. The molecule has 0 fully saturated rings. The molecule has 2 aromatic carbocycles. The molecule has 0 aliphatic carbocycles. The van der Waals surface area contributed by atoms with Crippen LogP contribution in [0.1, 0.15) is 22.3 Å². The van der Waals surface area contributed by atoms with Crippen molar-refractivity contribution in [2.24, 2.45) is 0 Å². The number of aryl methyl sites for hydroxylation is 1. The predicted octanol–water partition coefficient (Wildman–Crippen LogP) is 11.2. The lowest BCUT2D eigenvalue weighted by molar-refractivity contribution is -0.137. The fraction of sp³-hybridized carbons (Fsp3) is 0.103. The Balaban J connectivity index is 1.15. The molecule has 0 amide bonds. The van der Waals surface area contributed by atoms with Crippen LogP contribution in [0, 0.1) is 6.92 Å². The summed E-state index contributed by atoms with van der Waals surface area (Å²) in [5.74, 6) is -2.59. The highest BCUT2D eigenvalue weighted by Gasteiger charge is 2.20. The molecular formula is C39H28O6S5. The molecule has 0 saturated heterocycles. The summed E-state index contributed by atoms with van der Waals surface area (Å²) in [6.07, 6.45) is -0.111. The molecule has 7 rings (SSSR count). The Bertz CT molecular complexity index is 2380. The lowest BCUT2D eigenvalue weighted by atomic mass is 10.1. The molecule has 0 saturated carbocycles. The van der Waals surface area contributed by atoms with E-state index in [2.05, 4.69) is 37.3 Å². The number of hydrogen-bond donors (Lipinski definition) is 3. The van der Waals surface area contributed by atoms with Crippen LogP contribution in [0.25, 0.3) is 59.9 Å². The summed E-state index contributed by atoms with van der Waals surface area (Å²) in [6, 6.07) is 31.9. The summed E-state index contributed by atoms with van der Waals surface area (Å²) in [6.45, 7) is 2.11. The summed E-state index contributed by atoms with van der Waals surface area (Å²) in [4.78, 5) is 45.1. The number of hydrogen-bond acceptors (Lipinski definition) is 8. The van der Waals surface area contributed by atoms with Crippen LogP contribution >= 0.6 is 56.7 Å². The topological polar surface area (TPSA) is 112 Å². The zero-order valence-electron chi connectivity index (χ0n) is 26.5. The largest absolute Gasteiger partial charge is 0.481 e. The van der Waals surface area contributed by atoms with Crippen molar-refractivity contribution in [1.82, 2.24) is 0 Å². The van der Waals surface area contributed by atoms with Crippen molar-refractivity contribution in [3.8, 4) is 59.9 Å². The van der Waals surface area contributed by atoms with Crippen molar-refractivity contribution in [3.05, 3.63) is 119 Å². The second-order valence-corrected chi connectivity index (χ2v) is 17.0. The zero-order chi connectivity index (χ0) is 34.9. The Hall–Kier alpha value is -4.65. The first-order valence-electron chi connectivity index (χ1n) is 15.5.